The molecule has 1 rings (SSSR count). The minimum atomic E-state index is -1.44. The number of urea groups is 2. The number of unbranched alkanes of at least 4 members (excludes halogenated alkanes) is 3. The van der Waals surface area contributed by atoms with Crippen LogP contribution in [0.2, 0.25) is 0 Å². The van der Waals surface area contributed by atoms with Gasteiger partial charge >= 0.3 is 47.9 Å². The predicted molar refractivity (Wildman–Crippen MR) is 314 cm³/mol. The predicted octanol–water partition coefficient (Wildman–Crippen LogP) is 7.58. The summed E-state index contributed by atoms with van der Waals surface area (Å²) < 4.78 is 32.2. The van der Waals surface area contributed by atoms with E-state index in [0.717, 1.165) is 19.3 Å². The summed E-state index contributed by atoms with van der Waals surface area (Å²) in [6.07, 6.45) is 2.12. The van der Waals surface area contributed by atoms with Gasteiger partial charge < -0.3 is 60.3 Å². The number of rotatable bonds is 33. The van der Waals surface area contributed by atoms with Crippen molar-refractivity contribution in [1.82, 2.24) is 31.9 Å². The fourth-order valence-corrected chi connectivity index (χ4v) is 8.05. The molecule has 23 nitrogen and oxygen atoms in total. The average Bonchev–Trinajstić information content (AvgIpc) is 3.36. The van der Waals surface area contributed by atoms with E-state index >= 15 is 0 Å². The smallest absolute Gasteiger partial charge is 0.329 e. The second-order valence-electron chi connectivity index (χ2n) is 25.9. The molecule has 0 saturated heterocycles. The Morgan fingerprint density at radius 1 is 0.452 bits per heavy atom. The lowest BCUT2D eigenvalue weighted by molar-refractivity contribution is -0.159. The molecular formula is C61H100N6O17. The van der Waals surface area contributed by atoms with Crippen LogP contribution in [0.15, 0.2) is 24.3 Å². The van der Waals surface area contributed by atoms with Crippen molar-refractivity contribution in [3.63, 3.8) is 0 Å². The molecular weight excluding hydrogens is 1090 g/mol. The molecule has 0 radical (unpaired) electrons. The highest BCUT2D eigenvalue weighted by molar-refractivity contribution is 5.96. The third kappa shape index (κ3) is 36.7. The Labute approximate surface area is 497 Å². The van der Waals surface area contributed by atoms with Crippen LogP contribution in [0.3, 0.4) is 0 Å². The van der Waals surface area contributed by atoms with Gasteiger partial charge in [-0.05, 0) is 154 Å². The first-order valence-corrected chi connectivity index (χ1v) is 29.1. The van der Waals surface area contributed by atoms with Gasteiger partial charge in [-0.1, -0.05) is 50.5 Å². The molecule has 0 bridgehead atoms. The zero-order chi connectivity index (χ0) is 64.2. The maximum absolute atomic E-state index is 14.2. The van der Waals surface area contributed by atoms with Crippen LogP contribution in [0, 0.1) is 5.92 Å². The number of carbonyl (C=O) groups is 11. The maximum Gasteiger partial charge on any atom is 0.329 e. The Hall–Kier alpha value is -6.81. The fourth-order valence-electron chi connectivity index (χ4n) is 8.05. The lowest BCUT2D eigenvalue weighted by atomic mass is 9.92. The summed E-state index contributed by atoms with van der Waals surface area (Å²) in [6, 6.07) is 1.07. The Morgan fingerprint density at radius 3 is 1.44 bits per heavy atom. The summed E-state index contributed by atoms with van der Waals surface area (Å²) >= 11 is 0. The third-order valence-electron chi connectivity index (χ3n) is 11.7. The van der Waals surface area contributed by atoms with E-state index in [1.54, 1.807) is 128 Å². The van der Waals surface area contributed by atoms with Crippen molar-refractivity contribution in [2.75, 3.05) is 13.7 Å². The molecule has 6 N–H and O–H groups in total. The molecule has 0 heterocycles. The quantitative estimate of drug-likeness (QED) is 0.0224. The van der Waals surface area contributed by atoms with Gasteiger partial charge in [-0.2, -0.15) is 0 Å². The number of hydrogen-bond acceptors (Lipinski definition) is 17. The lowest BCUT2D eigenvalue weighted by Gasteiger charge is -2.27. The monoisotopic (exact) mass is 1190 g/mol. The molecule has 0 spiro atoms. The molecule has 6 amide bonds. The van der Waals surface area contributed by atoms with Gasteiger partial charge in [-0.25, -0.2) is 19.2 Å². The molecule has 1 aromatic rings. The van der Waals surface area contributed by atoms with E-state index in [-0.39, 0.29) is 51.6 Å². The highest BCUT2D eigenvalue weighted by Crippen LogP contribution is 2.21. The maximum atomic E-state index is 14.2. The Bertz CT molecular complexity index is 2340. The number of esters is 6. The number of Topliss-reactive ketones (excluding diaryl/α,β-unsaturated/α-hetero) is 1. The van der Waals surface area contributed by atoms with Crippen LogP contribution in [0.5, 0.6) is 0 Å². The van der Waals surface area contributed by atoms with Crippen LogP contribution in [-0.2, 0) is 84.5 Å². The minimum absolute atomic E-state index is 0.0347. The first-order chi connectivity index (χ1) is 38.7. The number of carbonyl (C=O) groups excluding carboxylic acids is 11. The number of hydrogen-bond donors (Lipinski definition) is 6. The molecule has 84 heavy (non-hydrogen) atoms. The van der Waals surface area contributed by atoms with E-state index in [2.05, 4.69) is 31.9 Å². The van der Waals surface area contributed by atoms with Gasteiger partial charge in [-0.3, -0.25) is 33.6 Å². The van der Waals surface area contributed by atoms with E-state index in [0.29, 0.717) is 30.4 Å². The number of ketones is 1. The zero-order valence-corrected chi connectivity index (χ0v) is 53.2. The van der Waals surface area contributed by atoms with Crippen LogP contribution in [0.4, 0.5) is 9.59 Å². The van der Waals surface area contributed by atoms with Crippen LogP contribution in [0.1, 0.15) is 212 Å². The molecule has 5 atom stereocenters. The molecule has 0 aliphatic heterocycles. The van der Waals surface area contributed by atoms with E-state index in [4.69, 9.17) is 28.4 Å². The molecule has 0 saturated carbocycles. The van der Waals surface area contributed by atoms with Gasteiger partial charge in [0.2, 0.25) is 11.8 Å². The Morgan fingerprint density at radius 2 is 0.929 bits per heavy atom. The first-order valence-electron chi connectivity index (χ1n) is 29.1. The number of amides is 6. The number of nitrogens with one attached hydrogen (secondary N) is 6. The van der Waals surface area contributed by atoms with Gasteiger partial charge in [0.1, 0.15) is 40.1 Å². The van der Waals surface area contributed by atoms with Gasteiger partial charge in [-0.15, -0.1) is 0 Å². The Kier molecular flexibility index (Phi) is 31.8. The molecule has 0 fully saturated rings. The average molecular weight is 1190 g/mol. The standard InChI is InChI=1S/C61H100N6O17/c1-18-19-20-23-42(29-31-48(70)79-17)64-52(74)41(36-50(72)81-58(5,6)7)35-46(68)45(37-51(73)82-59(8,9)10)65-47(69)34-39-25-27-40(28-26-39)38-63-55(77)62-33-22-21-24-43(53(75)83-60(11,12)13)66-56(78)67-44(54(76)84-61(14,15)16)30-32-49(71)80-57(2,3)4/h25-28,41-45H,18-24,29-38H2,1-17H3,(H,64,74)(H,65,69)(H2,62,63,77)(H2,66,67,78)/t41-,42-,43-,44-,45-/m0/s1. The van der Waals surface area contributed by atoms with Crippen molar-refractivity contribution in [2.45, 2.75) is 266 Å². The Balaban J connectivity index is 3.07. The SMILES string of the molecule is CCCCC[C@@H](CCC(=O)OC)NC(=O)[C@H](CC(=O)OC(C)(C)C)CC(=O)[C@H](CC(=O)OC(C)(C)C)NC(=O)Cc1ccc(CNC(=O)NCCCC[C@H](NC(=O)N[C@@H](CCC(=O)OC(C)(C)C)C(=O)OC(C)(C)C)C(=O)OC(C)(C)C)cc1. The van der Waals surface area contributed by atoms with Crippen molar-refractivity contribution < 1.29 is 81.2 Å². The second kappa shape index (κ2) is 35.5. The van der Waals surface area contributed by atoms with Crippen LogP contribution >= 0.6 is 0 Å². The normalized spacial score (nSPS) is 13.7. The zero-order valence-electron chi connectivity index (χ0n) is 53.2. The summed E-state index contributed by atoms with van der Waals surface area (Å²) in [5.41, 5.74) is -3.16. The van der Waals surface area contributed by atoms with Gasteiger partial charge in [0.25, 0.3) is 0 Å². The second-order valence-corrected chi connectivity index (χ2v) is 25.9. The van der Waals surface area contributed by atoms with Crippen molar-refractivity contribution in [3.8, 4) is 0 Å². The number of ether oxygens (including phenoxy) is 6. The van der Waals surface area contributed by atoms with Crippen molar-refractivity contribution in [1.29, 1.82) is 0 Å². The summed E-state index contributed by atoms with van der Waals surface area (Å²) in [5, 5.41) is 16.2. The van der Waals surface area contributed by atoms with E-state index in [1.165, 1.54) is 7.11 Å². The van der Waals surface area contributed by atoms with Crippen LogP contribution in [-0.4, -0.2) is 131 Å². The van der Waals surface area contributed by atoms with Crippen molar-refractivity contribution >= 4 is 65.5 Å². The highest BCUT2D eigenvalue weighted by atomic mass is 16.6. The molecule has 0 unspecified atom stereocenters. The van der Waals surface area contributed by atoms with E-state index in [1.807, 2.05) is 6.92 Å². The van der Waals surface area contributed by atoms with Crippen molar-refractivity contribution in [2.24, 2.45) is 5.92 Å². The van der Waals surface area contributed by atoms with Crippen LogP contribution < -0.4 is 31.9 Å². The topological polar surface area (TPSA) is 315 Å². The van der Waals surface area contributed by atoms with Crippen molar-refractivity contribution in [3.05, 3.63) is 35.4 Å². The van der Waals surface area contributed by atoms with Gasteiger partial charge in [0.05, 0.1) is 38.3 Å². The fraction of sp³-hybridized carbons (Fsp3) is 0.721. The molecule has 0 aromatic heterocycles. The molecule has 1 aromatic carbocycles. The van der Waals surface area contributed by atoms with Crippen LogP contribution in [0.25, 0.3) is 0 Å². The third-order valence-corrected chi connectivity index (χ3v) is 11.7. The van der Waals surface area contributed by atoms with E-state index < -0.39 is 143 Å². The lowest BCUT2D eigenvalue weighted by Crippen LogP contribution is -2.53. The summed E-state index contributed by atoms with van der Waals surface area (Å²) in [4.78, 5) is 145. The summed E-state index contributed by atoms with van der Waals surface area (Å²) in [7, 11) is 1.27. The molecule has 0 aliphatic carbocycles. The first kappa shape index (κ1) is 75.2. The summed E-state index contributed by atoms with van der Waals surface area (Å²) in [6.45, 7) is 27.4. The van der Waals surface area contributed by atoms with Gasteiger partial charge in [0.15, 0.2) is 5.78 Å². The highest BCUT2D eigenvalue weighted by Gasteiger charge is 2.35. The molecule has 476 valence electrons. The number of benzene rings is 1. The summed E-state index contributed by atoms with van der Waals surface area (Å²) in [5.74, 6) is -7.23. The molecule has 23 heteroatoms. The number of methoxy groups -OCH3 is 1. The molecule has 0 aliphatic rings. The van der Waals surface area contributed by atoms with Gasteiger partial charge in [0, 0.05) is 38.4 Å². The minimum Gasteiger partial charge on any atom is -0.469 e. The van der Waals surface area contributed by atoms with E-state index in [9.17, 15) is 52.7 Å². The largest absolute Gasteiger partial charge is 0.469 e.